The van der Waals surface area contributed by atoms with E-state index >= 15 is 0 Å². The fourth-order valence-electron chi connectivity index (χ4n) is 1.10. The van der Waals surface area contributed by atoms with Gasteiger partial charge in [-0.3, -0.25) is 4.79 Å². The molecule has 2 heteroatoms. The number of carbonyl (C=O) groups is 1. The van der Waals surface area contributed by atoms with Crippen LogP contribution in [0.1, 0.15) is 6.42 Å². The topological polar surface area (TPSA) is 29.1 Å². The molecule has 1 rings (SSSR count). The summed E-state index contributed by atoms with van der Waals surface area (Å²) >= 11 is 0. The van der Waals surface area contributed by atoms with Crippen LogP contribution in [0.5, 0.6) is 0 Å². The van der Waals surface area contributed by atoms with Crippen molar-refractivity contribution >= 4 is 5.91 Å². The molecule has 0 aliphatic carbocycles. The van der Waals surface area contributed by atoms with E-state index in [1.165, 1.54) is 0 Å². The van der Waals surface area contributed by atoms with Crippen LogP contribution in [0.2, 0.25) is 0 Å². The van der Waals surface area contributed by atoms with Gasteiger partial charge in [0, 0.05) is 5.70 Å². The minimum Gasteiger partial charge on any atom is -0.326 e. The summed E-state index contributed by atoms with van der Waals surface area (Å²) in [5, 5.41) is 2.72. The lowest BCUT2D eigenvalue weighted by molar-refractivity contribution is -0.118. The number of allylic oxidation sites excluding steroid dienone is 5. The maximum Gasteiger partial charge on any atom is 0.228 e. The van der Waals surface area contributed by atoms with E-state index in [-0.39, 0.29) is 5.91 Å². The van der Waals surface area contributed by atoms with E-state index < -0.39 is 0 Å². The lowest BCUT2D eigenvalue weighted by Crippen LogP contribution is -2.11. The van der Waals surface area contributed by atoms with Gasteiger partial charge in [0.25, 0.3) is 0 Å². The Morgan fingerprint density at radius 2 is 1.92 bits per heavy atom. The zero-order chi connectivity index (χ0) is 8.97. The Labute approximate surface area is 72.0 Å². The van der Waals surface area contributed by atoms with Gasteiger partial charge in [0.2, 0.25) is 5.91 Å². The van der Waals surface area contributed by atoms with Crippen LogP contribution in [0, 0.1) is 0 Å². The molecule has 1 N–H and O–H groups in total. The van der Waals surface area contributed by atoms with E-state index in [2.05, 4.69) is 18.5 Å². The number of nitrogens with one attached hydrogen (secondary N) is 1. The molecule has 0 radical (unpaired) electrons. The largest absolute Gasteiger partial charge is 0.326 e. The highest BCUT2D eigenvalue weighted by atomic mass is 16.1. The minimum atomic E-state index is 0.0243. The van der Waals surface area contributed by atoms with Gasteiger partial charge in [-0.2, -0.15) is 0 Å². The lowest BCUT2D eigenvalue weighted by Gasteiger charge is -1.95. The normalized spacial score (nSPS) is 22.8. The smallest absolute Gasteiger partial charge is 0.228 e. The van der Waals surface area contributed by atoms with Crippen LogP contribution in [0.15, 0.2) is 48.7 Å². The number of rotatable bonds is 2. The fraction of sp³-hybridized carbons (Fsp3) is 0.100. The van der Waals surface area contributed by atoms with Crippen molar-refractivity contribution in [2.24, 2.45) is 0 Å². The summed E-state index contributed by atoms with van der Waals surface area (Å²) in [7, 11) is 0. The van der Waals surface area contributed by atoms with Gasteiger partial charge in [-0.15, -0.1) is 0 Å². The fourth-order valence-corrected chi connectivity index (χ4v) is 1.10. The van der Waals surface area contributed by atoms with Gasteiger partial charge in [-0.1, -0.05) is 31.4 Å². The molecule has 0 aromatic heterocycles. The van der Waals surface area contributed by atoms with E-state index in [1.54, 1.807) is 18.2 Å². The molecule has 1 aliphatic rings. The van der Waals surface area contributed by atoms with Gasteiger partial charge in [-0.25, -0.2) is 0 Å². The molecule has 0 unspecified atom stereocenters. The van der Waals surface area contributed by atoms with E-state index in [1.807, 2.05) is 6.08 Å². The van der Waals surface area contributed by atoms with Crippen molar-refractivity contribution in [3.8, 4) is 0 Å². The van der Waals surface area contributed by atoms with E-state index in [0.29, 0.717) is 6.42 Å². The highest BCUT2D eigenvalue weighted by molar-refractivity contribution is 5.87. The van der Waals surface area contributed by atoms with Crippen LogP contribution in [0.25, 0.3) is 0 Å². The summed E-state index contributed by atoms with van der Waals surface area (Å²) < 4.78 is 0. The van der Waals surface area contributed by atoms with Gasteiger partial charge in [0.05, 0.1) is 6.42 Å². The molecule has 0 aromatic carbocycles. The van der Waals surface area contributed by atoms with Crippen LogP contribution in [-0.2, 0) is 4.79 Å². The Hall–Kier alpha value is -1.57. The molecular weight excluding hydrogens is 150 g/mol. The molecule has 1 amide bonds. The predicted molar refractivity (Wildman–Crippen MR) is 49.3 cm³/mol. The standard InChI is InChI=1S/C10H11NO/c1-3-5-8-7-10(12)11-9(8)6-4-2/h3-6H,1-2,7H2,(H,11,12)/b8-5-,9-6+. The first kappa shape index (κ1) is 8.53. The molecule has 0 bridgehead atoms. The average Bonchev–Trinajstić information content (AvgIpc) is 2.33. The monoisotopic (exact) mass is 161 g/mol. The highest BCUT2D eigenvalue weighted by Gasteiger charge is 2.18. The molecule has 1 fully saturated rings. The summed E-state index contributed by atoms with van der Waals surface area (Å²) in [6.45, 7) is 7.14. The van der Waals surface area contributed by atoms with E-state index in [9.17, 15) is 4.79 Å². The molecule has 0 spiro atoms. The molecular formula is C10H11NO. The van der Waals surface area contributed by atoms with Crippen molar-refractivity contribution in [2.75, 3.05) is 0 Å². The second kappa shape index (κ2) is 3.72. The quantitative estimate of drug-likeness (QED) is 0.656. The Morgan fingerprint density at radius 3 is 2.50 bits per heavy atom. The zero-order valence-electron chi connectivity index (χ0n) is 6.84. The lowest BCUT2D eigenvalue weighted by atomic mass is 10.1. The summed E-state index contributed by atoms with van der Waals surface area (Å²) in [6, 6.07) is 0. The average molecular weight is 161 g/mol. The van der Waals surface area contributed by atoms with Crippen molar-refractivity contribution in [1.82, 2.24) is 5.32 Å². The number of amides is 1. The molecule has 1 aliphatic heterocycles. The van der Waals surface area contributed by atoms with Crippen molar-refractivity contribution < 1.29 is 4.79 Å². The molecule has 0 atom stereocenters. The highest BCUT2D eigenvalue weighted by Crippen LogP contribution is 2.18. The Balaban J connectivity index is 2.93. The summed E-state index contributed by atoms with van der Waals surface area (Å²) in [5.41, 5.74) is 1.80. The molecule has 0 aromatic rings. The molecule has 1 heterocycles. The third-order valence-electron chi connectivity index (χ3n) is 1.57. The number of hydrogen-bond acceptors (Lipinski definition) is 1. The third kappa shape index (κ3) is 1.72. The Bertz CT molecular complexity index is 256. The number of carbonyl (C=O) groups excluding carboxylic acids is 1. The molecule has 2 nitrogen and oxygen atoms in total. The first-order valence-corrected chi connectivity index (χ1v) is 3.72. The molecule has 12 heavy (non-hydrogen) atoms. The Kier molecular flexibility index (Phi) is 2.64. The molecule has 62 valence electrons. The van der Waals surface area contributed by atoms with Crippen molar-refractivity contribution in [2.45, 2.75) is 6.42 Å². The first-order chi connectivity index (χ1) is 5.77. The van der Waals surface area contributed by atoms with E-state index in [0.717, 1.165) is 11.3 Å². The van der Waals surface area contributed by atoms with Gasteiger partial charge >= 0.3 is 0 Å². The summed E-state index contributed by atoms with van der Waals surface area (Å²) in [4.78, 5) is 11.0. The molecule has 0 saturated carbocycles. The van der Waals surface area contributed by atoms with Crippen molar-refractivity contribution in [3.05, 3.63) is 48.7 Å². The van der Waals surface area contributed by atoms with Crippen LogP contribution >= 0.6 is 0 Å². The van der Waals surface area contributed by atoms with Crippen LogP contribution in [0.4, 0.5) is 0 Å². The second-order valence-corrected chi connectivity index (χ2v) is 2.47. The van der Waals surface area contributed by atoms with Crippen LogP contribution in [-0.4, -0.2) is 5.91 Å². The summed E-state index contributed by atoms with van der Waals surface area (Å²) in [6.07, 6.45) is 7.36. The molecule has 1 saturated heterocycles. The summed E-state index contributed by atoms with van der Waals surface area (Å²) in [5.74, 6) is 0.0243. The SMILES string of the molecule is C=C/C=C1/CC(=O)N/C1=C/C=C. The van der Waals surface area contributed by atoms with Gasteiger partial charge in [-0.05, 0) is 11.6 Å². The predicted octanol–water partition coefficient (Wildman–Crippen LogP) is 1.69. The first-order valence-electron chi connectivity index (χ1n) is 3.72. The van der Waals surface area contributed by atoms with Crippen LogP contribution in [0.3, 0.4) is 0 Å². The van der Waals surface area contributed by atoms with Gasteiger partial charge in [0.15, 0.2) is 0 Å². The number of hydrogen-bond donors (Lipinski definition) is 1. The van der Waals surface area contributed by atoms with Crippen molar-refractivity contribution in [1.29, 1.82) is 0 Å². The maximum atomic E-state index is 11.0. The third-order valence-corrected chi connectivity index (χ3v) is 1.57. The zero-order valence-corrected chi connectivity index (χ0v) is 6.84. The van der Waals surface area contributed by atoms with Gasteiger partial charge in [0.1, 0.15) is 0 Å². The minimum absolute atomic E-state index is 0.0243. The van der Waals surface area contributed by atoms with Crippen molar-refractivity contribution in [3.63, 3.8) is 0 Å². The van der Waals surface area contributed by atoms with Gasteiger partial charge < -0.3 is 5.32 Å². The second-order valence-electron chi connectivity index (χ2n) is 2.47. The maximum absolute atomic E-state index is 11.0. The van der Waals surface area contributed by atoms with E-state index in [4.69, 9.17) is 0 Å². The Morgan fingerprint density at radius 1 is 1.25 bits per heavy atom. The van der Waals surface area contributed by atoms with Crippen LogP contribution < -0.4 is 5.32 Å².